The van der Waals surface area contributed by atoms with Gasteiger partial charge in [0.25, 0.3) is 5.88 Å². The molecule has 170 valence electrons. The van der Waals surface area contributed by atoms with E-state index in [1.54, 1.807) is 16.7 Å². The Labute approximate surface area is 191 Å². The summed E-state index contributed by atoms with van der Waals surface area (Å²) in [5.74, 6) is 0.819. The van der Waals surface area contributed by atoms with E-state index in [0.717, 1.165) is 11.3 Å². The number of aromatic nitrogens is 5. The van der Waals surface area contributed by atoms with Crippen molar-refractivity contribution < 1.29 is 17.3 Å². The van der Waals surface area contributed by atoms with E-state index in [2.05, 4.69) is 19.9 Å². The van der Waals surface area contributed by atoms with Gasteiger partial charge in [0, 0.05) is 18.8 Å². The fourth-order valence-corrected chi connectivity index (χ4v) is 4.40. The maximum atomic E-state index is 13.0. The molecule has 0 aliphatic carbocycles. The molecule has 0 N–H and O–H groups in total. The van der Waals surface area contributed by atoms with Gasteiger partial charge in [-0.1, -0.05) is 23.8 Å². The summed E-state index contributed by atoms with van der Waals surface area (Å²) in [5.41, 5.74) is 2.40. The van der Waals surface area contributed by atoms with Gasteiger partial charge < -0.3 is 13.8 Å². The van der Waals surface area contributed by atoms with Crippen LogP contribution in [-0.4, -0.2) is 59.2 Å². The van der Waals surface area contributed by atoms with Gasteiger partial charge in [-0.25, -0.2) is 9.97 Å². The van der Waals surface area contributed by atoms with Crippen molar-refractivity contribution in [2.24, 2.45) is 0 Å². The van der Waals surface area contributed by atoms with Crippen molar-refractivity contribution in [3.05, 3.63) is 60.0 Å². The molecule has 5 rings (SSSR count). The highest BCUT2D eigenvalue weighted by Crippen LogP contribution is 2.29. The van der Waals surface area contributed by atoms with E-state index in [9.17, 15) is 8.42 Å². The monoisotopic (exact) mass is 466 g/mol. The highest BCUT2D eigenvalue weighted by Gasteiger charge is 2.25. The van der Waals surface area contributed by atoms with Crippen LogP contribution in [0.1, 0.15) is 11.3 Å². The van der Waals surface area contributed by atoms with Crippen molar-refractivity contribution in [1.82, 2.24) is 24.5 Å². The van der Waals surface area contributed by atoms with Crippen LogP contribution >= 0.6 is 0 Å². The molecule has 0 spiro atoms. The molecular formula is C22H22N6O4S. The Morgan fingerprint density at radius 1 is 0.970 bits per heavy atom. The Balaban J connectivity index is 1.64. The van der Waals surface area contributed by atoms with Gasteiger partial charge in [0.05, 0.1) is 13.2 Å². The molecule has 33 heavy (non-hydrogen) atoms. The lowest BCUT2D eigenvalue weighted by Gasteiger charge is -2.26. The minimum Gasteiger partial charge on any atom is -0.378 e. The molecule has 0 unspecified atom stereocenters. The van der Waals surface area contributed by atoms with Crippen molar-refractivity contribution in [3.8, 4) is 11.7 Å². The van der Waals surface area contributed by atoms with Gasteiger partial charge in [0.1, 0.15) is 17.0 Å². The number of imidazole rings is 1. The highest BCUT2D eigenvalue weighted by molar-refractivity contribution is 7.87. The molecule has 0 amide bonds. The predicted molar refractivity (Wildman–Crippen MR) is 121 cm³/mol. The first-order valence-corrected chi connectivity index (χ1v) is 11.8. The van der Waals surface area contributed by atoms with Crippen LogP contribution in [0.3, 0.4) is 0 Å². The van der Waals surface area contributed by atoms with Crippen LogP contribution in [0.5, 0.6) is 5.88 Å². The second kappa shape index (κ2) is 8.41. The van der Waals surface area contributed by atoms with Crippen molar-refractivity contribution in [3.63, 3.8) is 0 Å². The number of ether oxygens (including phenoxy) is 1. The van der Waals surface area contributed by atoms with E-state index in [4.69, 9.17) is 8.92 Å². The topological polar surface area (TPSA) is 112 Å². The van der Waals surface area contributed by atoms with Crippen molar-refractivity contribution >= 4 is 27.2 Å². The largest absolute Gasteiger partial charge is 0.378 e. The smallest absolute Gasteiger partial charge is 0.340 e. The minimum absolute atomic E-state index is 0.0348. The van der Waals surface area contributed by atoms with Gasteiger partial charge >= 0.3 is 10.1 Å². The summed E-state index contributed by atoms with van der Waals surface area (Å²) in [6.45, 7) is 5.97. The maximum absolute atomic E-state index is 13.0. The van der Waals surface area contributed by atoms with Crippen molar-refractivity contribution in [2.75, 3.05) is 31.2 Å². The summed E-state index contributed by atoms with van der Waals surface area (Å²) in [6.07, 6.45) is 1.54. The lowest BCUT2D eigenvalue weighted by molar-refractivity contribution is 0.122. The van der Waals surface area contributed by atoms with Gasteiger partial charge in [-0.2, -0.15) is 18.4 Å². The van der Waals surface area contributed by atoms with Gasteiger partial charge in [-0.3, -0.25) is 4.57 Å². The van der Waals surface area contributed by atoms with E-state index in [0.29, 0.717) is 43.7 Å². The molecule has 1 aliphatic rings. The molecule has 1 fully saturated rings. The second-order valence-corrected chi connectivity index (χ2v) is 9.25. The van der Waals surface area contributed by atoms with Gasteiger partial charge in [-0.05, 0) is 38.1 Å². The van der Waals surface area contributed by atoms with Crippen LogP contribution in [0.2, 0.25) is 0 Å². The van der Waals surface area contributed by atoms with Gasteiger partial charge in [0.2, 0.25) is 5.95 Å². The average molecular weight is 467 g/mol. The van der Waals surface area contributed by atoms with E-state index < -0.39 is 10.1 Å². The number of hydrogen-bond acceptors (Lipinski definition) is 9. The van der Waals surface area contributed by atoms with E-state index in [-0.39, 0.29) is 16.3 Å². The molecule has 1 aromatic carbocycles. The third-order valence-electron chi connectivity index (χ3n) is 5.26. The Morgan fingerprint density at radius 3 is 2.45 bits per heavy atom. The molecule has 1 aliphatic heterocycles. The molecule has 11 heteroatoms. The van der Waals surface area contributed by atoms with Crippen LogP contribution < -0.4 is 9.08 Å². The Hall–Kier alpha value is -3.57. The van der Waals surface area contributed by atoms with Crippen LogP contribution in [0.15, 0.2) is 53.7 Å². The first kappa shape index (κ1) is 21.3. The number of fused-ring (bicyclic) bond motifs is 1. The second-order valence-electron chi connectivity index (χ2n) is 7.70. The third kappa shape index (κ3) is 4.24. The summed E-state index contributed by atoms with van der Waals surface area (Å²) < 4.78 is 38.6. The van der Waals surface area contributed by atoms with Crippen LogP contribution in [0.4, 0.5) is 5.95 Å². The number of anilines is 1. The lowest BCUT2D eigenvalue weighted by atomic mass is 10.2. The number of hydrogen-bond donors (Lipinski definition) is 0. The summed E-state index contributed by atoms with van der Waals surface area (Å²) in [5, 5.41) is 0. The molecule has 1 saturated heterocycles. The fourth-order valence-electron chi connectivity index (χ4n) is 3.51. The molecule has 0 bridgehead atoms. The zero-order valence-corrected chi connectivity index (χ0v) is 19.0. The average Bonchev–Trinajstić information content (AvgIpc) is 3.24. The zero-order valence-electron chi connectivity index (χ0n) is 18.2. The van der Waals surface area contributed by atoms with E-state index >= 15 is 0 Å². The molecule has 0 saturated carbocycles. The SMILES string of the molecule is Cc1ccc(S(=O)(=O)Oc2nc(N3CCOCC3)nc3c2ncn3-c2cccc(C)n2)cc1. The molecule has 0 atom stereocenters. The Kier molecular flexibility index (Phi) is 5.43. The molecular weight excluding hydrogens is 444 g/mol. The quantitative estimate of drug-likeness (QED) is 0.409. The molecule has 10 nitrogen and oxygen atoms in total. The summed E-state index contributed by atoms with van der Waals surface area (Å²) in [6, 6.07) is 12.0. The summed E-state index contributed by atoms with van der Waals surface area (Å²) in [4.78, 5) is 20.0. The van der Waals surface area contributed by atoms with Crippen molar-refractivity contribution in [2.45, 2.75) is 18.7 Å². The first-order chi connectivity index (χ1) is 15.9. The Bertz CT molecular complexity index is 1410. The van der Waals surface area contributed by atoms with Crippen LogP contribution in [0, 0.1) is 13.8 Å². The zero-order chi connectivity index (χ0) is 23.0. The number of benzene rings is 1. The normalized spacial score (nSPS) is 14.5. The number of morpholine rings is 1. The number of aryl methyl sites for hydroxylation is 2. The molecule has 0 radical (unpaired) electrons. The fraction of sp³-hybridized carbons (Fsp3) is 0.273. The Morgan fingerprint density at radius 2 is 1.73 bits per heavy atom. The standard InChI is InChI=1S/C22H22N6O4S/c1-15-6-8-17(9-7-15)33(29,30)32-21-19-20(25-22(26-21)27-10-12-31-13-11-27)28(14-23-19)18-5-3-4-16(2)24-18/h3-9,14H,10-13H2,1-2H3. The summed E-state index contributed by atoms with van der Waals surface area (Å²) >= 11 is 0. The number of rotatable bonds is 5. The van der Waals surface area contributed by atoms with Gasteiger partial charge in [0.15, 0.2) is 11.2 Å². The number of nitrogens with zero attached hydrogens (tertiary/aromatic N) is 6. The molecule has 3 aromatic heterocycles. The molecule has 4 aromatic rings. The first-order valence-electron chi connectivity index (χ1n) is 10.4. The minimum atomic E-state index is -4.13. The molecule has 4 heterocycles. The summed E-state index contributed by atoms with van der Waals surface area (Å²) in [7, 11) is -4.13. The van der Waals surface area contributed by atoms with Crippen molar-refractivity contribution in [1.29, 1.82) is 0 Å². The highest BCUT2D eigenvalue weighted by atomic mass is 32.2. The predicted octanol–water partition coefficient (Wildman–Crippen LogP) is 2.43. The number of pyridine rings is 1. The van der Waals surface area contributed by atoms with E-state index in [1.807, 2.05) is 36.9 Å². The van der Waals surface area contributed by atoms with E-state index in [1.165, 1.54) is 18.5 Å². The van der Waals surface area contributed by atoms with Crippen LogP contribution in [0.25, 0.3) is 17.0 Å². The lowest BCUT2D eigenvalue weighted by Crippen LogP contribution is -2.37. The third-order valence-corrected chi connectivity index (χ3v) is 6.49. The van der Waals surface area contributed by atoms with Crippen LogP contribution in [-0.2, 0) is 14.9 Å². The van der Waals surface area contributed by atoms with Gasteiger partial charge in [-0.15, -0.1) is 0 Å². The maximum Gasteiger partial charge on any atom is 0.340 e.